The van der Waals surface area contributed by atoms with E-state index >= 15 is 0 Å². The number of nitrogens with zero attached hydrogens (tertiary/aromatic N) is 3. The zero-order valence-electron chi connectivity index (χ0n) is 13.5. The predicted molar refractivity (Wildman–Crippen MR) is 88.7 cm³/mol. The molecule has 4 nitrogen and oxygen atoms in total. The largest absolute Gasteiger partial charge is 0.497 e. The highest BCUT2D eigenvalue weighted by molar-refractivity contribution is 5.35. The van der Waals surface area contributed by atoms with Crippen LogP contribution in [0.1, 0.15) is 35.7 Å². The standard InChI is InChI=1S/C18H23N3O/c1-13-11-14(2)20-18(19-13)21-9-7-15(8-10-21)16-5-4-6-17(12-16)22-3/h4-6,11-12,15H,7-10H2,1-3H3. The second-order valence-corrected chi connectivity index (χ2v) is 5.99. The maximum absolute atomic E-state index is 5.33. The Hall–Kier alpha value is -2.10. The highest BCUT2D eigenvalue weighted by Gasteiger charge is 2.22. The number of aryl methyl sites for hydroxylation is 2. The number of ether oxygens (including phenoxy) is 1. The molecule has 0 unspecified atom stereocenters. The minimum atomic E-state index is 0.595. The van der Waals surface area contributed by atoms with Gasteiger partial charge in [0.2, 0.25) is 5.95 Å². The van der Waals surface area contributed by atoms with Crippen LogP contribution in [0.25, 0.3) is 0 Å². The fourth-order valence-corrected chi connectivity index (χ4v) is 3.16. The van der Waals surface area contributed by atoms with Crippen molar-refractivity contribution in [3.8, 4) is 5.75 Å². The number of aromatic nitrogens is 2. The highest BCUT2D eigenvalue weighted by atomic mass is 16.5. The summed E-state index contributed by atoms with van der Waals surface area (Å²) in [6, 6.07) is 10.5. The van der Waals surface area contributed by atoms with Gasteiger partial charge in [0.25, 0.3) is 0 Å². The lowest BCUT2D eigenvalue weighted by atomic mass is 9.89. The van der Waals surface area contributed by atoms with Crippen LogP contribution in [0.2, 0.25) is 0 Å². The summed E-state index contributed by atoms with van der Waals surface area (Å²) in [7, 11) is 1.72. The summed E-state index contributed by atoms with van der Waals surface area (Å²) in [6.45, 7) is 6.07. The van der Waals surface area contributed by atoms with Crippen LogP contribution < -0.4 is 9.64 Å². The lowest BCUT2D eigenvalue weighted by Gasteiger charge is -2.32. The molecule has 0 bridgehead atoms. The number of anilines is 1. The number of hydrogen-bond donors (Lipinski definition) is 0. The number of piperidine rings is 1. The summed E-state index contributed by atoms with van der Waals surface area (Å²) in [6.07, 6.45) is 2.26. The lowest BCUT2D eigenvalue weighted by Crippen LogP contribution is -2.34. The van der Waals surface area contributed by atoms with Gasteiger partial charge in [-0.05, 0) is 56.4 Å². The van der Waals surface area contributed by atoms with Crippen molar-refractivity contribution in [2.24, 2.45) is 0 Å². The van der Waals surface area contributed by atoms with Gasteiger partial charge in [-0.3, -0.25) is 0 Å². The predicted octanol–water partition coefficient (Wildman–Crippen LogP) is 3.49. The summed E-state index contributed by atoms with van der Waals surface area (Å²) in [5.41, 5.74) is 3.45. The zero-order valence-corrected chi connectivity index (χ0v) is 13.5. The van der Waals surface area contributed by atoms with Crippen LogP contribution in [-0.2, 0) is 0 Å². The summed E-state index contributed by atoms with van der Waals surface area (Å²) in [4.78, 5) is 11.5. The maximum Gasteiger partial charge on any atom is 0.225 e. The van der Waals surface area contributed by atoms with Gasteiger partial charge in [-0.1, -0.05) is 12.1 Å². The quantitative estimate of drug-likeness (QED) is 0.869. The summed E-state index contributed by atoms with van der Waals surface area (Å²) in [5.74, 6) is 2.41. The molecular formula is C18H23N3O. The van der Waals surface area contributed by atoms with Crippen LogP contribution >= 0.6 is 0 Å². The monoisotopic (exact) mass is 297 g/mol. The van der Waals surface area contributed by atoms with Crippen LogP contribution in [0.4, 0.5) is 5.95 Å². The third-order valence-electron chi connectivity index (χ3n) is 4.31. The first-order valence-electron chi connectivity index (χ1n) is 7.87. The molecule has 116 valence electrons. The normalized spacial score (nSPS) is 15.9. The summed E-state index contributed by atoms with van der Waals surface area (Å²) >= 11 is 0. The molecule has 1 aromatic heterocycles. The van der Waals surface area contributed by atoms with Crippen molar-refractivity contribution < 1.29 is 4.74 Å². The van der Waals surface area contributed by atoms with Gasteiger partial charge in [0.05, 0.1) is 7.11 Å². The number of rotatable bonds is 3. The van der Waals surface area contributed by atoms with Gasteiger partial charge >= 0.3 is 0 Å². The smallest absolute Gasteiger partial charge is 0.225 e. The Morgan fingerprint density at radius 1 is 1.05 bits per heavy atom. The van der Waals surface area contributed by atoms with Crippen LogP contribution in [-0.4, -0.2) is 30.2 Å². The Morgan fingerprint density at radius 3 is 2.36 bits per heavy atom. The molecule has 0 N–H and O–H groups in total. The molecule has 0 atom stereocenters. The molecule has 22 heavy (non-hydrogen) atoms. The van der Waals surface area contributed by atoms with E-state index in [1.54, 1.807) is 7.11 Å². The van der Waals surface area contributed by atoms with Crippen LogP contribution in [0.15, 0.2) is 30.3 Å². The van der Waals surface area contributed by atoms with E-state index < -0.39 is 0 Å². The maximum atomic E-state index is 5.33. The van der Waals surface area contributed by atoms with Crippen LogP contribution in [0, 0.1) is 13.8 Å². The minimum absolute atomic E-state index is 0.595. The van der Waals surface area contributed by atoms with Crippen molar-refractivity contribution >= 4 is 5.95 Å². The zero-order chi connectivity index (χ0) is 15.5. The second kappa shape index (κ2) is 6.34. The van der Waals surface area contributed by atoms with Gasteiger partial charge in [0.1, 0.15) is 5.75 Å². The molecule has 3 rings (SSSR count). The van der Waals surface area contributed by atoms with Crippen molar-refractivity contribution in [1.82, 2.24) is 9.97 Å². The number of benzene rings is 1. The molecule has 0 saturated carbocycles. The molecule has 0 amide bonds. The van der Waals surface area contributed by atoms with Crippen molar-refractivity contribution in [1.29, 1.82) is 0 Å². The molecule has 0 aliphatic carbocycles. The number of hydrogen-bond acceptors (Lipinski definition) is 4. The van der Waals surface area contributed by atoms with E-state index in [2.05, 4.69) is 33.1 Å². The Balaban J connectivity index is 1.69. The van der Waals surface area contributed by atoms with Gasteiger partial charge in [-0.2, -0.15) is 0 Å². The van der Waals surface area contributed by atoms with Gasteiger partial charge in [-0.15, -0.1) is 0 Å². The molecule has 0 radical (unpaired) electrons. The van der Waals surface area contributed by atoms with Gasteiger partial charge in [0, 0.05) is 24.5 Å². The van der Waals surface area contributed by atoms with Crippen molar-refractivity contribution in [3.05, 3.63) is 47.3 Å². The second-order valence-electron chi connectivity index (χ2n) is 5.99. The molecule has 1 aliphatic rings. The molecule has 1 aliphatic heterocycles. The average Bonchev–Trinajstić information content (AvgIpc) is 2.54. The fraction of sp³-hybridized carbons (Fsp3) is 0.444. The molecule has 1 fully saturated rings. The first kappa shape index (κ1) is 14.8. The molecular weight excluding hydrogens is 274 g/mol. The molecule has 4 heteroatoms. The Labute approximate surface area is 132 Å². The fourth-order valence-electron chi connectivity index (χ4n) is 3.16. The first-order valence-corrected chi connectivity index (χ1v) is 7.87. The van der Waals surface area contributed by atoms with E-state index in [4.69, 9.17) is 4.74 Å². The van der Waals surface area contributed by atoms with E-state index in [1.807, 2.05) is 26.0 Å². The third-order valence-corrected chi connectivity index (χ3v) is 4.31. The van der Waals surface area contributed by atoms with Gasteiger partial charge < -0.3 is 9.64 Å². The number of methoxy groups -OCH3 is 1. The van der Waals surface area contributed by atoms with Crippen LogP contribution in [0.5, 0.6) is 5.75 Å². The van der Waals surface area contributed by atoms with Crippen molar-refractivity contribution in [2.75, 3.05) is 25.1 Å². The van der Waals surface area contributed by atoms with E-state index in [-0.39, 0.29) is 0 Å². The Bertz CT molecular complexity index is 628. The molecule has 1 saturated heterocycles. The third kappa shape index (κ3) is 3.21. The first-order chi connectivity index (χ1) is 10.7. The molecule has 2 heterocycles. The minimum Gasteiger partial charge on any atom is -0.497 e. The SMILES string of the molecule is COc1cccc(C2CCN(c3nc(C)cc(C)n3)CC2)c1. The van der Waals surface area contributed by atoms with E-state index in [0.717, 1.165) is 49.0 Å². The van der Waals surface area contributed by atoms with Gasteiger partial charge in [-0.25, -0.2) is 9.97 Å². The highest BCUT2D eigenvalue weighted by Crippen LogP contribution is 2.31. The van der Waals surface area contributed by atoms with Crippen molar-refractivity contribution in [3.63, 3.8) is 0 Å². The van der Waals surface area contributed by atoms with Crippen LogP contribution in [0.3, 0.4) is 0 Å². The van der Waals surface area contributed by atoms with E-state index in [9.17, 15) is 0 Å². The van der Waals surface area contributed by atoms with E-state index in [0.29, 0.717) is 5.92 Å². The van der Waals surface area contributed by atoms with Gasteiger partial charge in [0.15, 0.2) is 0 Å². The molecule has 1 aromatic carbocycles. The Kier molecular flexibility index (Phi) is 4.27. The molecule has 0 spiro atoms. The average molecular weight is 297 g/mol. The van der Waals surface area contributed by atoms with E-state index in [1.165, 1.54) is 5.56 Å². The molecule has 2 aromatic rings. The van der Waals surface area contributed by atoms with Crippen molar-refractivity contribution in [2.45, 2.75) is 32.6 Å². The Morgan fingerprint density at radius 2 is 1.73 bits per heavy atom. The summed E-state index contributed by atoms with van der Waals surface area (Å²) in [5, 5.41) is 0. The lowest BCUT2D eigenvalue weighted by molar-refractivity contribution is 0.412. The summed E-state index contributed by atoms with van der Waals surface area (Å²) < 4.78 is 5.33. The topological polar surface area (TPSA) is 38.2 Å².